The third-order valence-electron chi connectivity index (χ3n) is 4.65. The molecule has 0 bridgehead atoms. The summed E-state index contributed by atoms with van der Waals surface area (Å²) >= 11 is 3.34. The lowest BCUT2D eigenvalue weighted by atomic mass is 9.94. The Bertz CT molecular complexity index is 1150. The molecule has 1 heterocycles. The molecule has 0 saturated heterocycles. The molecule has 0 radical (unpaired) electrons. The first-order valence-corrected chi connectivity index (χ1v) is 10.6. The molecule has 26 heavy (non-hydrogen) atoms. The van der Waals surface area contributed by atoms with Crippen LogP contribution in [0, 0.1) is 6.92 Å². The monoisotopic (exact) mass is 432 g/mol. The van der Waals surface area contributed by atoms with Crippen LogP contribution in [0.15, 0.2) is 45.8 Å². The van der Waals surface area contributed by atoms with Crippen LogP contribution < -0.4 is 4.72 Å². The summed E-state index contributed by atoms with van der Waals surface area (Å²) in [4.78, 5) is 15.7. The third kappa shape index (κ3) is 2.95. The van der Waals surface area contributed by atoms with Gasteiger partial charge in [0.05, 0.1) is 4.90 Å². The van der Waals surface area contributed by atoms with Crippen LogP contribution in [0.25, 0.3) is 10.9 Å². The average molecular weight is 433 g/mol. The zero-order chi connectivity index (χ0) is 18.5. The molecule has 1 aliphatic carbocycles. The van der Waals surface area contributed by atoms with Crippen molar-refractivity contribution in [2.24, 2.45) is 0 Å². The Labute approximate surface area is 160 Å². The number of anilines is 1. The Morgan fingerprint density at radius 1 is 1.15 bits per heavy atom. The van der Waals surface area contributed by atoms with Crippen molar-refractivity contribution in [3.8, 4) is 0 Å². The first-order valence-electron chi connectivity index (χ1n) is 8.32. The Hall–Kier alpha value is -2.12. The predicted octanol–water partition coefficient (Wildman–Crippen LogP) is 4.56. The normalized spacial score (nSPS) is 14.5. The van der Waals surface area contributed by atoms with E-state index in [1.165, 1.54) is 0 Å². The fourth-order valence-corrected chi connectivity index (χ4v) is 5.20. The van der Waals surface area contributed by atoms with Gasteiger partial charge in [-0.2, -0.15) is 0 Å². The number of Topliss-reactive ketones (excluding diaryl/α,β-unsaturated/α-hetero) is 1. The van der Waals surface area contributed by atoms with Crippen molar-refractivity contribution in [1.82, 2.24) is 4.98 Å². The summed E-state index contributed by atoms with van der Waals surface area (Å²) in [7, 11) is -3.74. The Morgan fingerprint density at radius 2 is 1.96 bits per heavy atom. The Morgan fingerprint density at radius 3 is 2.73 bits per heavy atom. The summed E-state index contributed by atoms with van der Waals surface area (Å²) in [6.45, 7) is 1.75. The van der Waals surface area contributed by atoms with Crippen molar-refractivity contribution >= 4 is 48.3 Å². The highest BCUT2D eigenvalue weighted by Gasteiger charge is 2.25. The summed E-state index contributed by atoms with van der Waals surface area (Å²) in [5.41, 5.74) is 3.41. The number of benzene rings is 2. The van der Waals surface area contributed by atoms with Crippen molar-refractivity contribution in [2.45, 2.75) is 31.1 Å². The quantitative estimate of drug-likeness (QED) is 0.636. The second-order valence-electron chi connectivity index (χ2n) is 6.53. The molecule has 4 rings (SSSR count). The molecule has 1 aliphatic rings. The zero-order valence-corrected chi connectivity index (χ0v) is 16.5. The molecule has 3 aromatic rings. The number of ketones is 1. The molecular formula is C19H17BrN2O3S. The number of carbonyl (C=O) groups excluding carboxylic acids is 1. The summed E-state index contributed by atoms with van der Waals surface area (Å²) in [5, 5.41) is 0.809. The molecule has 7 heteroatoms. The Balaban J connectivity index is 1.81. The molecule has 1 aromatic heterocycles. The lowest BCUT2D eigenvalue weighted by Gasteiger charge is -2.12. The van der Waals surface area contributed by atoms with E-state index in [0.29, 0.717) is 23.2 Å². The summed E-state index contributed by atoms with van der Waals surface area (Å²) < 4.78 is 29.2. The van der Waals surface area contributed by atoms with Gasteiger partial charge in [0.1, 0.15) is 0 Å². The van der Waals surface area contributed by atoms with Gasteiger partial charge in [0, 0.05) is 38.7 Å². The minimum Gasteiger partial charge on any atom is -0.358 e. The zero-order valence-electron chi connectivity index (χ0n) is 14.1. The van der Waals surface area contributed by atoms with E-state index in [-0.39, 0.29) is 10.7 Å². The highest BCUT2D eigenvalue weighted by Crippen LogP contribution is 2.32. The first kappa shape index (κ1) is 17.3. The van der Waals surface area contributed by atoms with E-state index in [1.807, 2.05) is 6.07 Å². The second kappa shape index (κ2) is 6.25. The highest BCUT2D eigenvalue weighted by atomic mass is 79.9. The van der Waals surface area contributed by atoms with Crippen molar-refractivity contribution in [2.75, 3.05) is 4.72 Å². The van der Waals surface area contributed by atoms with Gasteiger partial charge < -0.3 is 4.98 Å². The van der Waals surface area contributed by atoms with Crippen LogP contribution in [-0.4, -0.2) is 19.2 Å². The molecule has 5 nitrogen and oxygen atoms in total. The number of sulfonamides is 1. The Kier molecular flexibility index (Phi) is 4.16. The molecule has 0 atom stereocenters. The van der Waals surface area contributed by atoms with Gasteiger partial charge in [-0.25, -0.2) is 8.42 Å². The number of aromatic amines is 1. The van der Waals surface area contributed by atoms with Gasteiger partial charge in [0.25, 0.3) is 10.0 Å². The van der Waals surface area contributed by atoms with Gasteiger partial charge in [0.15, 0.2) is 5.78 Å². The van der Waals surface area contributed by atoms with Crippen LogP contribution >= 0.6 is 15.9 Å². The van der Waals surface area contributed by atoms with Crippen molar-refractivity contribution in [1.29, 1.82) is 0 Å². The number of hydrogen-bond donors (Lipinski definition) is 2. The summed E-state index contributed by atoms with van der Waals surface area (Å²) in [6.07, 6.45) is 2.18. The molecule has 134 valence electrons. The van der Waals surface area contributed by atoms with Gasteiger partial charge in [-0.1, -0.05) is 22.0 Å². The van der Waals surface area contributed by atoms with Crippen LogP contribution in [0.1, 0.15) is 34.5 Å². The topological polar surface area (TPSA) is 79.0 Å². The third-order valence-corrected chi connectivity index (χ3v) is 6.66. The summed E-state index contributed by atoms with van der Waals surface area (Å²) in [5.74, 6) is 0.125. The second-order valence-corrected chi connectivity index (χ2v) is 9.10. The van der Waals surface area contributed by atoms with E-state index in [9.17, 15) is 13.2 Å². The van der Waals surface area contributed by atoms with E-state index in [4.69, 9.17) is 0 Å². The fraction of sp³-hybridized carbons (Fsp3) is 0.211. The maximum Gasteiger partial charge on any atom is 0.262 e. The van der Waals surface area contributed by atoms with Crippen molar-refractivity contribution < 1.29 is 13.2 Å². The predicted molar refractivity (Wildman–Crippen MR) is 105 cm³/mol. The number of carbonyl (C=O) groups is 1. The molecule has 2 N–H and O–H groups in total. The lowest BCUT2D eigenvalue weighted by Crippen LogP contribution is -2.14. The van der Waals surface area contributed by atoms with Crippen LogP contribution in [0.3, 0.4) is 0 Å². The van der Waals surface area contributed by atoms with E-state index >= 15 is 0 Å². The SMILES string of the molecule is Cc1cc2c3c([nH]c2cc1S(=O)(=O)Nc1cccc(Br)c1)CCCC3=O. The molecule has 0 amide bonds. The number of fused-ring (bicyclic) bond motifs is 3. The van der Waals surface area contributed by atoms with Gasteiger partial charge in [-0.3, -0.25) is 9.52 Å². The largest absolute Gasteiger partial charge is 0.358 e. The molecule has 2 aromatic carbocycles. The van der Waals surface area contributed by atoms with E-state index < -0.39 is 10.0 Å². The first-order chi connectivity index (χ1) is 12.3. The lowest BCUT2D eigenvalue weighted by molar-refractivity contribution is 0.0974. The van der Waals surface area contributed by atoms with Crippen molar-refractivity contribution in [3.63, 3.8) is 0 Å². The van der Waals surface area contributed by atoms with E-state index in [0.717, 1.165) is 34.0 Å². The molecule has 0 aliphatic heterocycles. The van der Waals surface area contributed by atoms with Gasteiger partial charge >= 0.3 is 0 Å². The molecule has 0 saturated carbocycles. The minimum atomic E-state index is -3.74. The van der Waals surface area contributed by atoms with Crippen LogP contribution in [-0.2, 0) is 16.4 Å². The van der Waals surface area contributed by atoms with Gasteiger partial charge in [0.2, 0.25) is 0 Å². The van der Waals surface area contributed by atoms with Crippen LogP contribution in [0.5, 0.6) is 0 Å². The number of nitrogens with one attached hydrogen (secondary N) is 2. The summed E-state index contributed by atoms with van der Waals surface area (Å²) in [6, 6.07) is 10.4. The number of rotatable bonds is 3. The number of aromatic nitrogens is 1. The highest BCUT2D eigenvalue weighted by molar-refractivity contribution is 9.10. The minimum absolute atomic E-state index is 0.125. The number of halogens is 1. The number of hydrogen-bond acceptors (Lipinski definition) is 3. The van der Waals surface area contributed by atoms with E-state index in [2.05, 4.69) is 25.6 Å². The van der Waals surface area contributed by atoms with Crippen LogP contribution in [0.2, 0.25) is 0 Å². The number of H-pyrrole nitrogens is 1. The maximum absolute atomic E-state index is 12.9. The smallest absolute Gasteiger partial charge is 0.262 e. The van der Waals surface area contributed by atoms with Crippen LogP contribution in [0.4, 0.5) is 5.69 Å². The van der Waals surface area contributed by atoms with Gasteiger partial charge in [-0.05, 0) is 55.7 Å². The molecule has 0 unspecified atom stereocenters. The molecule has 0 spiro atoms. The number of aryl methyl sites for hydroxylation is 2. The van der Waals surface area contributed by atoms with E-state index in [1.54, 1.807) is 37.3 Å². The standard InChI is InChI=1S/C19H17BrN2O3S/c1-11-8-14-16(21-15-6-3-7-17(23)19(14)15)10-18(11)26(24,25)22-13-5-2-4-12(20)9-13/h2,4-5,8-10,21-22H,3,6-7H2,1H3. The molecule has 0 fully saturated rings. The maximum atomic E-state index is 12.9. The molecular weight excluding hydrogens is 416 g/mol. The van der Waals surface area contributed by atoms with Gasteiger partial charge in [-0.15, -0.1) is 0 Å². The average Bonchev–Trinajstić information content (AvgIpc) is 2.92. The van der Waals surface area contributed by atoms with Crippen molar-refractivity contribution in [3.05, 3.63) is 57.7 Å². The fourth-order valence-electron chi connectivity index (χ4n) is 3.49.